The van der Waals surface area contributed by atoms with E-state index in [1.54, 1.807) is 6.92 Å². The van der Waals surface area contributed by atoms with Crippen LogP contribution in [0, 0.1) is 11.3 Å². The zero-order valence-electron chi connectivity index (χ0n) is 9.69. The van der Waals surface area contributed by atoms with Gasteiger partial charge < -0.3 is 9.84 Å². The van der Waals surface area contributed by atoms with Crippen LogP contribution in [0.15, 0.2) is 0 Å². The maximum Gasteiger partial charge on any atom is 0.323 e. The first kappa shape index (κ1) is 15.2. The van der Waals surface area contributed by atoms with Crippen molar-refractivity contribution in [1.29, 1.82) is 0 Å². The summed E-state index contributed by atoms with van der Waals surface area (Å²) in [7, 11) is 0. The Morgan fingerprint density at radius 2 is 2.12 bits per heavy atom. The summed E-state index contributed by atoms with van der Waals surface area (Å²) in [5.74, 6) is -1.32. The van der Waals surface area contributed by atoms with Crippen molar-refractivity contribution in [2.24, 2.45) is 11.3 Å². The fourth-order valence-corrected chi connectivity index (χ4v) is 2.29. The second-order valence-corrected chi connectivity index (χ2v) is 4.31. The Labute approximate surface area is 102 Å². The largest absolute Gasteiger partial charge is 0.480 e. The SMILES string of the molecule is CCOC(=O)C1(C(=O)O)CCCC(C)C1.Cl. The van der Waals surface area contributed by atoms with Crippen molar-refractivity contribution >= 4 is 24.3 Å². The summed E-state index contributed by atoms with van der Waals surface area (Å²) in [6.45, 7) is 3.91. The van der Waals surface area contributed by atoms with E-state index in [0.717, 1.165) is 12.8 Å². The molecule has 1 saturated carbocycles. The van der Waals surface area contributed by atoms with Gasteiger partial charge in [-0.3, -0.25) is 9.59 Å². The molecule has 0 aromatic rings. The highest BCUT2D eigenvalue weighted by Gasteiger charge is 2.49. The molecule has 0 spiro atoms. The van der Waals surface area contributed by atoms with E-state index in [4.69, 9.17) is 4.74 Å². The van der Waals surface area contributed by atoms with Crippen molar-refractivity contribution in [3.63, 3.8) is 0 Å². The van der Waals surface area contributed by atoms with Gasteiger partial charge in [-0.1, -0.05) is 19.8 Å². The van der Waals surface area contributed by atoms with Crippen LogP contribution in [0.25, 0.3) is 0 Å². The van der Waals surface area contributed by atoms with E-state index < -0.39 is 17.4 Å². The molecule has 0 bridgehead atoms. The molecule has 0 heterocycles. The molecular weight excluding hydrogens is 232 g/mol. The smallest absolute Gasteiger partial charge is 0.323 e. The number of ether oxygens (including phenoxy) is 1. The Bertz CT molecular complexity index is 267. The van der Waals surface area contributed by atoms with Gasteiger partial charge in [0.1, 0.15) is 0 Å². The van der Waals surface area contributed by atoms with Gasteiger partial charge in [0, 0.05) is 0 Å². The van der Waals surface area contributed by atoms with Crippen LogP contribution in [-0.4, -0.2) is 23.7 Å². The minimum Gasteiger partial charge on any atom is -0.480 e. The molecule has 16 heavy (non-hydrogen) atoms. The van der Waals surface area contributed by atoms with E-state index in [1.165, 1.54) is 0 Å². The number of carboxylic acids is 1. The number of esters is 1. The predicted octanol–water partition coefficient (Wildman–Crippen LogP) is 2.25. The van der Waals surface area contributed by atoms with Crippen molar-refractivity contribution in [2.75, 3.05) is 6.61 Å². The van der Waals surface area contributed by atoms with Crippen LogP contribution >= 0.6 is 12.4 Å². The number of carbonyl (C=O) groups excluding carboxylic acids is 1. The molecule has 4 nitrogen and oxygen atoms in total. The lowest BCUT2D eigenvalue weighted by atomic mass is 9.70. The third-order valence-electron chi connectivity index (χ3n) is 3.07. The number of carbonyl (C=O) groups is 2. The van der Waals surface area contributed by atoms with Gasteiger partial charge in [-0.05, 0) is 25.7 Å². The quantitative estimate of drug-likeness (QED) is 0.616. The van der Waals surface area contributed by atoms with Crippen LogP contribution in [0.5, 0.6) is 0 Å². The van der Waals surface area contributed by atoms with Gasteiger partial charge in [0.25, 0.3) is 0 Å². The van der Waals surface area contributed by atoms with Crippen LogP contribution in [0.2, 0.25) is 0 Å². The number of halogens is 1. The first-order valence-electron chi connectivity index (χ1n) is 5.43. The fraction of sp³-hybridized carbons (Fsp3) is 0.818. The van der Waals surface area contributed by atoms with Gasteiger partial charge in [0.2, 0.25) is 0 Å². The summed E-state index contributed by atoms with van der Waals surface area (Å²) in [5.41, 5.74) is -1.28. The van der Waals surface area contributed by atoms with Gasteiger partial charge in [-0.15, -0.1) is 12.4 Å². The van der Waals surface area contributed by atoms with E-state index >= 15 is 0 Å². The predicted molar refractivity (Wildman–Crippen MR) is 61.6 cm³/mol. The molecule has 0 amide bonds. The van der Waals surface area contributed by atoms with Gasteiger partial charge in [-0.2, -0.15) is 0 Å². The molecule has 1 aliphatic rings. The Morgan fingerprint density at radius 3 is 2.56 bits per heavy atom. The Kier molecular flexibility index (Phi) is 5.79. The monoisotopic (exact) mass is 250 g/mol. The van der Waals surface area contributed by atoms with E-state index in [0.29, 0.717) is 12.8 Å². The minimum absolute atomic E-state index is 0. The Morgan fingerprint density at radius 1 is 1.50 bits per heavy atom. The van der Waals surface area contributed by atoms with Gasteiger partial charge in [-0.25, -0.2) is 0 Å². The van der Waals surface area contributed by atoms with E-state index in [1.807, 2.05) is 6.92 Å². The van der Waals surface area contributed by atoms with Crippen LogP contribution in [0.3, 0.4) is 0 Å². The Balaban J connectivity index is 0.00000225. The lowest BCUT2D eigenvalue weighted by molar-refractivity contribution is -0.172. The molecular formula is C11H19ClO4. The van der Waals surface area contributed by atoms with Crippen molar-refractivity contribution in [3.05, 3.63) is 0 Å². The fourth-order valence-electron chi connectivity index (χ4n) is 2.29. The summed E-state index contributed by atoms with van der Waals surface area (Å²) in [6, 6.07) is 0. The summed E-state index contributed by atoms with van der Waals surface area (Å²) in [4.78, 5) is 22.9. The van der Waals surface area contributed by atoms with Gasteiger partial charge >= 0.3 is 11.9 Å². The molecule has 1 aliphatic carbocycles. The standard InChI is InChI=1S/C11H18O4.ClH/c1-3-15-10(14)11(9(12)13)6-4-5-8(2)7-11;/h8H,3-7H2,1-2H3,(H,12,13);1H. The first-order valence-corrected chi connectivity index (χ1v) is 5.43. The number of hydrogen-bond acceptors (Lipinski definition) is 3. The molecule has 0 saturated heterocycles. The van der Waals surface area contributed by atoms with Crippen LogP contribution in [-0.2, 0) is 14.3 Å². The zero-order chi connectivity index (χ0) is 11.5. The van der Waals surface area contributed by atoms with Gasteiger partial charge in [0.05, 0.1) is 6.61 Å². The molecule has 0 aromatic heterocycles. The first-order chi connectivity index (χ1) is 7.03. The van der Waals surface area contributed by atoms with Crippen molar-refractivity contribution < 1.29 is 19.4 Å². The molecule has 5 heteroatoms. The summed E-state index contributed by atoms with van der Waals surface area (Å²) in [5, 5.41) is 9.20. The van der Waals surface area contributed by atoms with Crippen LogP contribution in [0.4, 0.5) is 0 Å². The average Bonchev–Trinajstić information content (AvgIpc) is 2.17. The molecule has 0 radical (unpaired) electrons. The van der Waals surface area contributed by atoms with Crippen molar-refractivity contribution in [1.82, 2.24) is 0 Å². The molecule has 2 unspecified atom stereocenters. The lowest BCUT2D eigenvalue weighted by Crippen LogP contribution is -2.44. The highest BCUT2D eigenvalue weighted by molar-refractivity contribution is 5.99. The molecule has 1 rings (SSSR count). The number of hydrogen-bond donors (Lipinski definition) is 1. The lowest BCUT2D eigenvalue weighted by Gasteiger charge is -2.33. The highest BCUT2D eigenvalue weighted by Crippen LogP contribution is 2.40. The maximum atomic E-state index is 11.7. The summed E-state index contributed by atoms with van der Waals surface area (Å²) < 4.78 is 4.87. The van der Waals surface area contributed by atoms with E-state index in [-0.39, 0.29) is 24.9 Å². The van der Waals surface area contributed by atoms with Crippen LogP contribution < -0.4 is 0 Å². The van der Waals surface area contributed by atoms with Gasteiger partial charge in [0.15, 0.2) is 5.41 Å². The van der Waals surface area contributed by atoms with Crippen molar-refractivity contribution in [3.8, 4) is 0 Å². The van der Waals surface area contributed by atoms with E-state index in [9.17, 15) is 14.7 Å². The molecule has 0 aromatic carbocycles. The maximum absolute atomic E-state index is 11.7. The Hall–Kier alpha value is -0.770. The third kappa shape index (κ3) is 2.88. The number of carboxylic acid groups (broad SMARTS) is 1. The average molecular weight is 251 g/mol. The molecule has 0 aliphatic heterocycles. The third-order valence-corrected chi connectivity index (χ3v) is 3.07. The second-order valence-electron chi connectivity index (χ2n) is 4.31. The highest BCUT2D eigenvalue weighted by atomic mass is 35.5. The topological polar surface area (TPSA) is 63.6 Å². The molecule has 1 fully saturated rings. The molecule has 2 atom stereocenters. The molecule has 1 N–H and O–H groups in total. The summed E-state index contributed by atoms with van der Waals surface area (Å²) in [6.07, 6.45) is 2.59. The summed E-state index contributed by atoms with van der Waals surface area (Å²) >= 11 is 0. The normalized spacial score (nSPS) is 29.0. The van der Waals surface area contributed by atoms with Crippen LogP contribution in [0.1, 0.15) is 39.5 Å². The number of aliphatic carboxylic acids is 1. The molecule has 94 valence electrons. The minimum atomic E-state index is -1.28. The van der Waals surface area contributed by atoms with E-state index in [2.05, 4.69) is 0 Å². The second kappa shape index (κ2) is 6.09. The zero-order valence-corrected chi connectivity index (χ0v) is 10.5. The van der Waals surface area contributed by atoms with Crippen molar-refractivity contribution in [2.45, 2.75) is 39.5 Å². The number of rotatable bonds is 3.